The molecule has 5 nitrogen and oxygen atoms in total. The molecular formula is C18H22N2O3S. The van der Waals surface area contributed by atoms with Gasteiger partial charge in [0.05, 0.1) is 12.0 Å². The highest BCUT2D eigenvalue weighted by atomic mass is 32.2. The van der Waals surface area contributed by atoms with Gasteiger partial charge in [-0.05, 0) is 36.6 Å². The van der Waals surface area contributed by atoms with E-state index in [-0.39, 0.29) is 11.9 Å². The molecular weight excluding hydrogens is 324 g/mol. The number of pyridine rings is 1. The fraction of sp³-hybridized carbons (Fsp3) is 0.444. The van der Waals surface area contributed by atoms with Crippen LogP contribution >= 0.6 is 11.8 Å². The van der Waals surface area contributed by atoms with Crippen molar-refractivity contribution in [3.63, 3.8) is 0 Å². The molecule has 1 aliphatic rings. The lowest BCUT2D eigenvalue weighted by molar-refractivity contribution is -0.129. The van der Waals surface area contributed by atoms with Gasteiger partial charge in [-0.1, -0.05) is 6.07 Å². The summed E-state index contributed by atoms with van der Waals surface area (Å²) in [6, 6.07) is 7.56. The van der Waals surface area contributed by atoms with Crippen molar-refractivity contribution in [2.24, 2.45) is 0 Å². The quantitative estimate of drug-likeness (QED) is 0.835. The lowest BCUT2D eigenvalue weighted by Crippen LogP contribution is -2.37. The van der Waals surface area contributed by atoms with Gasteiger partial charge in [-0.25, -0.2) is 0 Å². The van der Waals surface area contributed by atoms with E-state index in [1.807, 2.05) is 23.2 Å². The van der Waals surface area contributed by atoms with E-state index < -0.39 is 6.10 Å². The molecule has 128 valence electrons. The van der Waals surface area contributed by atoms with E-state index in [1.165, 1.54) is 0 Å². The first-order valence-corrected chi connectivity index (χ1v) is 9.37. The fourth-order valence-corrected chi connectivity index (χ4v) is 3.94. The minimum Gasteiger partial charge on any atom is -0.467 e. The van der Waals surface area contributed by atoms with Gasteiger partial charge in [0.1, 0.15) is 11.9 Å². The Morgan fingerprint density at radius 3 is 3.12 bits per heavy atom. The predicted molar refractivity (Wildman–Crippen MR) is 93.4 cm³/mol. The van der Waals surface area contributed by atoms with E-state index in [0.717, 1.165) is 30.7 Å². The summed E-state index contributed by atoms with van der Waals surface area (Å²) < 4.78 is 5.25. The summed E-state index contributed by atoms with van der Waals surface area (Å²) in [5, 5.41) is 10.3. The number of aromatic nitrogens is 1. The van der Waals surface area contributed by atoms with E-state index in [0.29, 0.717) is 17.9 Å². The van der Waals surface area contributed by atoms with E-state index >= 15 is 0 Å². The minimum absolute atomic E-state index is 0.0941. The standard InChI is InChI=1S/C18H22N2O3S/c21-16(17-6-3-9-23-17)10-15-5-2-8-20(15)18(22)13-24-12-14-4-1-7-19-11-14/h1,3-4,6-7,9,11,15-16,21H,2,5,8,10,12-13H2. The second-order valence-electron chi connectivity index (χ2n) is 6.00. The van der Waals surface area contributed by atoms with Crippen LogP contribution in [0.25, 0.3) is 0 Å². The van der Waals surface area contributed by atoms with Crippen molar-refractivity contribution in [2.75, 3.05) is 12.3 Å². The van der Waals surface area contributed by atoms with Crippen LogP contribution in [0.2, 0.25) is 0 Å². The summed E-state index contributed by atoms with van der Waals surface area (Å²) >= 11 is 1.61. The third kappa shape index (κ3) is 4.39. The molecule has 0 aliphatic carbocycles. The number of rotatable bonds is 7. The molecule has 0 bridgehead atoms. The summed E-state index contributed by atoms with van der Waals surface area (Å²) in [4.78, 5) is 18.5. The van der Waals surface area contributed by atoms with Gasteiger partial charge in [-0.15, -0.1) is 11.8 Å². The fourth-order valence-electron chi connectivity index (χ4n) is 3.09. The van der Waals surface area contributed by atoms with Crippen molar-refractivity contribution in [3.05, 3.63) is 54.2 Å². The molecule has 1 saturated heterocycles. The minimum atomic E-state index is -0.651. The Kier molecular flexibility index (Phi) is 5.93. The Balaban J connectivity index is 1.48. The summed E-state index contributed by atoms with van der Waals surface area (Å²) in [7, 11) is 0. The van der Waals surface area contributed by atoms with Gasteiger partial charge in [0.25, 0.3) is 0 Å². The van der Waals surface area contributed by atoms with E-state index in [9.17, 15) is 9.90 Å². The van der Waals surface area contributed by atoms with E-state index in [1.54, 1.807) is 36.4 Å². The molecule has 3 rings (SSSR count). The monoisotopic (exact) mass is 346 g/mol. The third-order valence-corrected chi connectivity index (χ3v) is 5.27. The molecule has 1 N–H and O–H groups in total. The van der Waals surface area contributed by atoms with Crippen molar-refractivity contribution in [3.8, 4) is 0 Å². The Hall–Kier alpha value is -1.79. The third-order valence-electron chi connectivity index (χ3n) is 4.28. The van der Waals surface area contributed by atoms with Gasteiger partial charge in [0.15, 0.2) is 0 Å². The Bertz CT molecular complexity index is 633. The number of aliphatic hydroxyl groups excluding tert-OH is 1. The number of carbonyl (C=O) groups is 1. The van der Waals surface area contributed by atoms with Crippen LogP contribution in [0.3, 0.4) is 0 Å². The lowest BCUT2D eigenvalue weighted by atomic mass is 10.1. The van der Waals surface area contributed by atoms with Crippen LogP contribution in [0.15, 0.2) is 47.3 Å². The maximum absolute atomic E-state index is 12.5. The first-order valence-electron chi connectivity index (χ1n) is 8.21. The van der Waals surface area contributed by atoms with Crippen molar-refractivity contribution in [1.82, 2.24) is 9.88 Å². The number of hydrogen-bond acceptors (Lipinski definition) is 5. The predicted octanol–water partition coefficient (Wildman–Crippen LogP) is 3.02. The zero-order chi connectivity index (χ0) is 16.8. The van der Waals surface area contributed by atoms with E-state index in [4.69, 9.17) is 4.42 Å². The van der Waals surface area contributed by atoms with Crippen molar-refractivity contribution in [1.29, 1.82) is 0 Å². The van der Waals surface area contributed by atoms with Crippen LogP contribution in [0.4, 0.5) is 0 Å². The summed E-state index contributed by atoms with van der Waals surface area (Å²) in [5.74, 6) is 1.97. The number of likely N-dealkylation sites (tertiary alicyclic amines) is 1. The molecule has 0 aromatic carbocycles. The SMILES string of the molecule is O=C(CSCc1cccnc1)N1CCCC1CC(O)c1ccco1. The molecule has 2 aromatic rings. The molecule has 1 aliphatic heterocycles. The Morgan fingerprint density at radius 1 is 1.46 bits per heavy atom. The Morgan fingerprint density at radius 2 is 2.38 bits per heavy atom. The number of furan rings is 1. The van der Waals surface area contributed by atoms with Crippen molar-refractivity contribution >= 4 is 17.7 Å². The summed E-state index contributed by atoms with van der Waals surface area (Å²) in [6.45, 7) is 0.780. The number of hydrogen-bond donors (Lipinski definition) is 1. The van der Waals surface area contributed by atoms with Crippen LogP contribution in [0, 0.1) is 0 Å². The molecule has 3 heterocycles. The maximum Gasteiger partial charge on any atom is 0.232 e. The van der Waals surface area contributed by atoms with Crippen LogP contribution in [-0.2, 0) is 10.5 Å². The topological polar surface area (TPSA) is 66.6 Å². The first kappa shape index (κ1) is 17.0. The summed E-state index contributed by atoms with van der Waals surface area (Å²) in [5.41, 5.74) is 1.13. The van der Waals surface area contributed by atoms with E-state index in [2.05, 4.69) is 4.98 Å². The molecule has 0 spiro atoms. The number of carbonyl (C=O) groups excluding carboxylic acids is 1. The second kappa shape index (κ2) is 8.35. The summed E-state index contributed by atoms with van der Waals surface area (Å²) in [6.07, 6.45) is 6.96. The molecule has 1 fully saturated rings. The van der Waals surface area contributed by atoms with Crippen LogP contribution in [0.1, 0.15) is 36.7 Å². The molecule has 0 radical (unpaired) electrons. The van der Waals surface area contributed by atoms with Gasteiger partial charge < -0.3 is 14.4 Å². The van der Waals surface area contributed by atoms with Gasteiger partial charge >= 0.3 is 0 Å². The average molecular weight is 346 g/mol. The molecule has 2 atom stereocenters. The highest BCUT2D eigenvalue weighted by Gasteiger charge is 2.31. The number of amides is 1. The van der Waals surface area contributed by atoms with Gasteiger partial charge in [-0.3, -0.25) is 9.78 Å². The molecule has 24 heavy (non-hydrogen) atoms. The van der Waals surface area contributed by atoms with Crippen molar-refractivity contribution < 1.29 is 14.3 Å². The Labute approximate surface area is 146 Å². The normalized spacial score (nSPS) is 18.7. The van der Waals surface area contributed by atoms with Gasteiger partial charge in [-0.2, -0.15) is 0 Å². The molecule has 2 aromatic heterocycles. The largest absolute Gasteiger partial charge is 0.467 e. The lowest BCUT2D eigenvalue weighted by Gasteiger charge is -2.26. The number of nitrogens with zero attached hydrogens (tertiary/aromatic N) is 2. The molecule has 2 unspecified atom stereocenters. The highest BCUT2D eigenvalue weighted by Crippen LogP contribution is 2.28. The molecule has 0 saturated carbocycles. The first-order chi connectivity index (χ1) is 11.7. The zero-order valence-electron chi connectivity index (χ0n) is 13.5. The molecule has 1 amide bonds. The average Bonchev–Trinajstić information content (AvgIpc) is 3.27. The highest BCUT2D eigenvalue weighted by molar-refractivity contribution is 7.99. The van der Waals surface area contributed by atoms with Crippen LogP contribution in [0.5, 0.6) is 0 Å². The number of thioether (sulfide) groups is 1. The smallest absolute Gasteiger partial charge is 0.232 e. The van der Waals surface area contributed by atoms with Gasteiger partial charge in [0, 0.05) is 37.2 Å². The maximum atomic E-state index is 12.5. The number of aliphatic hydroxyl groups is 1. The zero-order valence-corrected chi connectivity index (χ0v) is 14.3. The molecule has 6 heteroatoms. The van der Waals surface area contributed by atoms with Gasteiger partial charge in [0.2, 0.25) is 5.91 Å². The van der Waals surface area contributed by atoms with Crippen LogP contribution in [-0.4, -0.2) is 39.2 Å². The second-order valence-corrected chi connectivity index (χ2v) is 6.99. The van der Waals surface area contributed by atoms with Crippen LogP contribution < -0.4 is 0 Å². The van der Waals surface area contributed by atoms with Crippen molar-refractivity contribution in [2.45, 2.75) is 37.2 Å².